The molecule has 0 amide bonds. The molecule has 1 heterocycles. The number of halogens is 4. The van der Waals surface area contributed by atoms with Gasteiger partial charge in [-0.05, 0) is 41.8 Å². The highest BCUT2D eigenvalue weighted by Crippen LogP contribution is 2.39. The van der Waals surface area contributed by atoms with E-state index in [0.29, 0.717) is 27.6 Å². The molecule has 21 heavy (non-hydrogen) atoms. The van der Waals surface area contributed by atoms with Crippen LogP contribution in [0.3, 0.4) is 0 Å². The van der Waals surface area contributed by atoms with Gasteiger partial charge in [-0.15, -0.1) is 0 Å². The van der Waals surface area contributed by atoms with E-state index in [1.807, 2.05) is 26.0 Å². The highest BCUT2D eigenvalue weighted by molar-refractivity contribution is 9.10. The number of anilines is 1. The number of aromatic nitrogens is 1. The van der Waals surface area contributed by atoms with Gasteiger partial charge in [-0.3, -0.25) is 0 Å². The quantitative estimate of drug-likeness (QED) is 0.786. The molecule has 1 aromatic carbocycles. The summed E-state index contributed by atoms with van der Waals surface area (Å²) in [6, 6.07) is 3.69. The summed E-state index contributed by atoms with van der Waals surface area (Å²) in [6.45, 7) is 5.87. The molecule has 0 spiro atoms. The summed E-state index contributed by atoms with van der Waals surface area (Å²) in [6.07, 6.45) is -3.64. The monoisotopic (exact) mass is 360 g/mol. The van der Waals surface area contributed by atoms with Crippen molar-refractivity contribution in [2.24, 2.45) is 0 Å². The molecular formula is C15H16BrF3N2. The Labute approximate surface area is 129 Å². The zero-order valence-electron chi connectivity index (χ0n) is 12.0. The predicted octanol–water partition coefficient (Wildman–Crippen LogP) is 5.45. The van der Waals surface area contributed by atoms with Gasteiger partial charge < -0.3 is 5.32 Å². The van der Waals surface area contributed by atoms with E-state index in [0.717, 1.165) is 12.0 Å². The number of benzene rings is 1. The highest BCUT2D eigenvalue weighted by atomic mass is 79.9. The molecular weight excluding hydrogens is 345 g/mol. The van der Waals surface area contributed by atoms with Crippen LogP contribution in [0.1, 0.15) is 30.2 Å². The molecule has 0 aliphatic carbocycles. The topological polar surface area (TPSA) is 24.9 Å². The van der Waals surface area contributed by atoms with Crippen molar-refractivity contribution in [3.63, 3.8) is 0 Å². The zero-order chi connectivity index (χ0) is 15.8. The van der Waals surface area contributed by atoms with Crippen molar-refractivity contribution in [2.45, 2.75) is 33.4 Å². The van der Waals surface area contributed by atoms with Gasteiger partial charge in [0.15, 0.2) is 0 Å². The SMILES string of the molecule is CCCNc1c(C)c(C(F)(F)F)nc2c(Br)c(C)ccc12. The van der Waals surface area contributed by atoms with E-state index in [-0.39, 0.29) is 5.56 Å². The Morgan fingerprint density at radius 3 is 2.48 bits per heavy atom. The van der Waals surface area contributed by atoms with Crippen LogP contribution in [0.15, 0.2) is 16.6 Å². The molecule has 0 aliphatic rings. The van der Waals surface area contributed by atoms with Crippen LogP contribution in [-0.4, -0.2) is 11.5 Å². The Morgan fingerprint density at radius 2 is 1.90 bits per heavy atom. The number of rotatable bonds is 3. The number of fused-ring (bicyclic) bond motifs is 1. The minimum absolute atomic E-state index is 0.138. The molecule has 0 saturated heterocycles. The standard InChI is InChI=1S/C15H16BrF3N2/c1-4-7-20-12-9(3)14(15(17,18)19)21-13-10(12)6-5-8(2)11(13)16/h5-6H,4,7H2,1-3H3,(H,20,21). The maximum absolute atomic E-state index is 13.2. The minimum atomic E-state index is -4.47. The third kappa shape index (κ3) is 3.00. The van der Waals surface area contributed by atoms with Gasteiger partial charge in [0.1, 0.15) is 5.69 Å². The van der Waals surface area contributed by atoms with Crippen LogP contribution in [0.5, 0.6) is 0 Å². The number of aryl methyl sites for hydroxylation is 1. The summed E-state index contributed by atoms with van der Waals surface area (Å²) < 4.78 is 40.2. The average molecular weight is 361 g/mol. The first-order valence-corrected chi connectivity index (χ1v) is 7.47. The lowest BCUT2D eigenvalue weighted by Gasteiger charge is -2.18. The van der Waals surface area contributed by atoms with Gasteiger partial charge in [-0.2, -0.15) is 13.2 Å². The fourth-order valence-corrected chi connectivity index (χ4v) is 2.68. The first kappa shape index (κ1) is 16.1. The van der Waals surface area contributed by atoms with Crippen molar-refractivity contribution in [1.82, 2.24) is 4.98 Å². The van der Waals surface area contributed by atoms with Crippen LogP contribution in [0, 0.1) is 13.8 Å². The van der Waals surface area contributed by atoms with Gasteiger partial charge in [0.2, 0.25) is 0 Å². The smallest absolute Gasteiger partial charge is 0.384 e. The van der Waals surface area contributed by atoms with Gasteiger partial charge in [0, 0.05) is 27.7 Å². The Kier molecular flexibility index (Phi) is 4.46. The molecule has 1 aromatic heterocycles. The van der Waals surface area contributed by atoms with Crippen LogP contribution in [0.2, 0.25) is 0 Å². The molecule has 0 aliphatic heterocycles. The second-order valence-electron chi connectivity index (χ2n) is 4.98. The van der Waals surface area contributed by atoms with E-state index in [2.05, 4.69) is 26.2 Å². The van der Waals surface area contributed by atoms with Gasteiger partial charge in [0.05, 0.1) is 5.52 Å². The number of alkyl halides is 3. The molecule has 1 N–H and O–H groups in total. The molecule has 0 unspecified atom stereocenters. The first-order chi connectivity index (χ1) is 9.77. The van der Waals surface area contributed by atoms with Crippen molar-refractivity contribution in [2.75, 3.05) is 11.9 Å². The molecule has 2 nitrogen and oxygen atoms in total. The Hall–Kier alpha value is -1.30. The molecule has 0 fully saturated rings. The van der Waals surface area contributed by atoms with Crippen molar-refractivity contribution in [3.8, 4) is 0 Å². The zero-order valence-corrected chi connectivity index (χ0v) is 13.6. The van der Waals surface area contributed by atoms with E-state index in [1.165, 1.54) is 6.92 Å². The number of pyridine rings is 1. The maximum Gasteiger partial charge on any atom is 0.433 e. The summed E-state index contributed by atoms with van der Waals surface area (Å²) in [5, 5.41) is 3.80. The lowest BCUT2D eigenvalue weighted by atomic mass is 10.0. The Bertz CT molecular complexity index is 681. The fourth-order valence-electron chi connectivity index (χ4n) is 2.25. The van der Waals surface area contributed by atoms with E-state index in [9.17, 15) is 13.2 Å². The maximum atomic E-state index is 13.2. The fraction of sp³-hybridized carbons (Fsp3) is 0.400. The molecule has 0 atom stereocenters. The van der Waals surface area contributed by atoms with Gasteiger partial charge in [-0.1, -0.05) is 19.1 Å². The number of hydrogen-bond donors (Lipinski definition) is 1. The van der Waals surface area contributed by atoms with E-state index < -0.39 is 11.9 Å². The van der Waals surface area contributed by atoms with Gasteiger partial charge in [0.25, 0.3) is 0 Å². The highest BCUT2D eigenvalue weighted by Gasteiger charge is 2.36. The lowest BCUT2D eigenvalue weighted by molar-refractivity contribution is -0.141. The van der Waals surface area contributed by atoms with Crippen molar-refractivity contribution >= 4 is 32.5 Å². The summed E-state index contributed by atoms with van der Waals surface area (Å²) in [5.41, 5.74) is 1.01. The van der Waals surface area contributed by atoms with Crippen molar-refractivity contribution < 1.29 is 13.2 Å². The lowest BCUT2D eigenvalue weighted by Crippen LogP contribution is -2.14. The van der Waals surface area contributed by atoms with Crippen LogP contribution in [0.25, 0.3) is 10.9 Å². The first-order valence-electron chi connectivity index (χ1n) is 6.67. The third-order valence-electron chi connectivity index (χ3n) is 3.35. The molecule has 0 bridgehead atoms. The Balaban J connectivity index is 2.83. The van der Waals surface area contributed by atoms with Crippen LogP contribution in [-0.2, 0) is 6.18 Å². The molecule has 114 valence electrons. The average Bonchev–Trinajstić information content (AvgIpc) is 2.40. The van der Waals surface area contributed by atoms with Crippen molar-refractivity contribution in [3.05, 3.63) is 33.4 Å². The molecule has 6 heteroatoms. The van der Waals surface area contributed by atoms with Crippen molar-refractivity contribution in [1.29, 1.82) is 0 Å². The number of nitrogens with one attached hydrogen (secondary N) is 1. The van der Waals surface area contributed by atoms with E-state index >= 15 is 0 Å². The summed E-state index contributed by atoms with van der Waals surface area (Å²) in [5.74, 6) is 0. The van der Waals surface area contributed by atoms with Crippen LogP contribution >= 0.6 is 15.9 Å². The number of hydrogen-bond acceptors (Lipinski definition) is 2. The largest absolute Gasteiger partial charge is 0.433 e. The predicted molar refractivity (Wildman–Crippen MR) is 82.7 cm³/mol. The molecule has 2 aromatic rings. The number of nitrogens with zero attached hydrogens (tertiary/aromatic N) is 1. The minimum Gasteiger partial charge on any atom is -0.384 e. The van der Waals surface area contributed by atoms with Gasteiger partial charge in [-0.25, -0.2) is 4.98 Å². The second kappa shape index (κ2) is 5.83. The van der Waals surface area contributed by atoms with E-state index in [4.69, 9.17) is 0 Å². The second-order valence-corrected chi connectivity index (χ2v) is 5.77. The normalized spacial score (nSPS) is 12.0. The molecule has 0 saturated carbocycles. The van der Waals surface area contributed by atoms with Crippen LogP contribution < -0.4 is 5.32 Å². The summed E-state index contributed by atoms with van der Waals surface area (Å²) >= 11 is 3.35. The summed E-state index contributed by atoms with van der Waals surface area (Å²) in [7, 11) is 0. The summed E-state index contributed by atoms with van der Waals surface area (Å²) in [4.78, 5) is 3.86. The third-order valence-corrected chi connectivity index (χ3v) is 4.35. The van der Waals surface area contributed by atoms with Gasteiger partial charge >= 0.3 is 6.18 Å². The Morgan fingerprint density at radius 1 is 1.24 bits per heavy atom. The molecule has 0 radical (unpaired) electrons. The molecule has 2 rings (SSSR count). The van der Waals surface area contributed by atoms with Crippen LogP contribution in [0.4, 0.5) is 18.9 Å². The van der Waals surface area contributed by atoms with E-state index in [1.54, 1.807) is 0 Å².